The lowest BCUT2D eigenvalue weighted by atomic mass is 10.2. The highest BCUT2D eigenvalue weighted by atomic mass is 16.3. The maximum atomic E-state index is 10.9. The van der Waals surface area contributed by atoms with E-state index >= 15 is 0 Å². The molecule has 1 aliphatic rings. The Bertz CT molecular complexity index is 430. The van der Waals surface area contributed by atoms with E-state index in [-0.39, 0.29) is 11.6 Å². The molecular weight excluding hydrogens is 196 g/mol. The molecule has 0 aliphatic carbocycles. The molecule has 1 aromatic rings. The average Bonchev–Trinajstić information content (AvgIpc) is 2.27. The highest BCUT2D eigenvalue weighted by Gasteiger charge is 2.18. The number of aliphatic hydroxyl groups excluding tert-OH is 1. The first kappa shape index (κ1) is 9.72. The van der Waals surface area contributed by atoms with E-state index in [4.69, 9.17) is 0 Å². The lowest BCUT2D eigenvalue weighted by Crippen LogP contribution is -2.14. The van der Waals surface area contributed by atoms with Gasteiger partial charge in [-0.25, -0.2) is 15.0 Å². The predicted molar refractivity (Wildman–Crippen MR) is 54.3 cm³/mol. The topological polar surface area (TPSA) is 87.5 Å². The Balaban J connectivity index is 2.37. The molecule has 0 saturated carbocycles. The molecule has 0 amide bonds. The zero-order valence-electron chi connectivity index (χ0n) is 8.14. The fourth-order valence-electron chi connectivity index (χ4n) is 1.21. The third kappa shape index (κ3) is 1.84. The molecule has 78 valence electrons. The molecule has 0 saturated heterocycles. The smallest absolute Gasteiger partial charge is 0.178 e. The molecule has 0 spiro atoms. The van der Waals surface area contributed by atoms with E-state index in [1.54, 1.807) is 6.21 Å². The van der Waals surface area contributed by atoms with Crippen LogP contribution >= 0.6 is 0 Å². The quantitative estimate of drug-likeness (QED) is 0.723. The van der Waals surface area contributed by atoms with Crippen LogP contribution in [0.25, 0.3) is 0 Å². The van der Waals surface area contributed by atoms with Gasteiger partial charge in [0, 0.05) is 6.21 Å². The van der Waals surface area contributed by atoms with Crippen molar-refractivity contribution in [3.8, 4) is 0 Å². The van der Waals surface area contributed by atoms with E-state index in [0.717, 1.165) is 0 Å². The van der Waals surface area contributed by atoms with E-state index in [1.807, 2.05) is 0 Å². The van der Waals surface area contributed by atoms with E-state index in [9.17, 15) is 9.90 Å². The summed E-state index contributed by atoms with van der Waals surface area (Å²) < 4.78 is 0. The van der Waals surface area contributed by atoms with Crippen molar-refractivity contribution in [2.75, 3.05) is 11.9 Å². The van der Waals surface area contributed by atoms with Crippen molar-refractivity contribution >= 4 is 23.5 Å². The summed E-state index contributed by atoms with van der Waals surface area (Å²) in [7, 11) is 0. The third-order valence-electron chi connectivity index (χ3n) is 2.01. The molecule has 2 heterocycles. The number of anilines is 1. The number of rotatable bonds is 2. The summed E-state index contributed by atoms with van der Waals surface area (Å²) in [6.45, 7) is 1.92. The Morgan fingerprint density at radius 2 is 2.47 bits per heavy atom. The van der Waals surface area contributed by atoms with Gasteiger partial charge < -0.3 is 10.4 Å². The van der Waals surface area contributed by atoms with Gasteiger partial charge in [-0.2, -0.15) is 0 Å². The summed E-state index contributed by atoms with van der Waals surface area (Å²) in [6.07, 6.45) is 1.91. The standard InChI is InChI=1S/C9H10N4O2/c1-5(14)7(15)9-12-4-6-8(13-9)11-3-2-10-6/h3-4,7,10,15H,2H2,1H3. The molecule has 0 bridgehead atoms. The SMILES string of the molecule is CC(=O)C(O)c1ncc2c(n1)N=CCN2. The Labute approximate surface area is 86.1 Å². The van der Waals surface area contributed by atoms with E-state index in [1.165, 1.54) is 13.1 Å². The van der Waals surface area contributed by atoms with Crippen molar-refractivity contribution in [1.82, 2.24) is 9.97 Å². The van der Waals surface area contributed by atoms with E-state index in [2.05, 4.69) is 20.3 Å². The molecule has 1 aliphatic heterocycles. The highest BCUT2D eigenvalue weighted by Crippen LogP contribution is 2.24. The van der Waals surface area contributed by atoms with Crippen molar-refractivity contribution in [3.05, 3.63) is 12.0 Å². The molecule has 1 aromatic heterocycles. The number of nitrogens with one attached hydrogen (secondary N) is 1. The number of hydrogen-bond acceptors (Lipinski definition) is 6. The summed E-state index contributed by atoms with van der Waals surface area (Å²) in [6, 6.07) is 0. The number of nitrogens with zero attached hydrogens (tertiary/aromatic N) is 3. The van der Waals surface area contributed by atoms with Gasteiger partial charge in [0.25, 0.3) is 0 Å². The summed E-state index contributed by atoms with van der Waals surface area (Å²) in [5, 5.41) is 12.5. The summed E-state index contributed by atoms with van der Waals surface area (Å²) >= 11 is 0. The molecule has 0 radical (unpaired) electrons. The summed E-state index contributed by atoms with van der Waals surface area (Å²) in [5.41, 5.74) is 0.706. The van der Waals surface area contributed by atoms with Crippen LogP contribution < -0.4 is 5.32 Å². The minimum Gasteiger partial charge on any atom is -0.377 e. The number of carbonyl (C=O) groups is 1. The number of aromatic nitrogens is 2. The third-order valence-corrected chi connectivity index (χ3v) is 2.01. The van der Waals surface area contributed by atoms with Crippen molar-refractivity contribution in [2.24, 2.45) is 4.99 Å². The molecule has 15 heavy (non-hydrogen) atoms. The lowest BCUT2D eigenvalue weighted by Gasteiger charge is -2.12. The highest BCUT2D eigenvalue weighted by molar-refractivity contribution is 5.81. The molecule has 2 rings (SSSR count). The Hall–Kier alpha value is -1.82. The summed E-state index contributed by atoms with van der Waals surface area (Å²) in [4.78, 5) is 22.8. The maximum Gasteiger partial charge on any atom is 0.178 e. The number of aliphatic imine (C=N–C) groups is 1. The maximum absolute atomic E-state index is 10.9. The number of Topliss-reactive ketones (excluding diaryl/α,β-unsaturated/α-hetero) is 1. The largest absolute Gasteiger partial charge is 0.377 e. The molecule has 0 fully saturated rings. The van der Waals surface area contributed by atoms with Gasteiger partial charge in [-0.05, 0) is 6.92 Å². The van der Waals surface area contributed by atoms with Crippen LogP contribution in [0.4, 0.5) is 11.5 Å². The van der Waals surface area contributed by atoms with Crippen LogP contribution in [0, 0.1) is 0 Å². The predicted octanol–water partition coefficient (Wildman–Crippen LogP) is 0.227. The lowest BCUT2D eigenvalue weighted by molar-refractivity contribution is -0.125. The molecule has 1 unspecified atom stereocenters. The average molecular weight is 206 g/mol. The first-order valence-electron chi connectivity index (χ1n) is 4.50. The minimum atomic E-state index is -1.27. The number of hydrogen-bond donors (Lipinski definition) is 2. The van der Waals surface area contributed by atoms with Gasteiger partial charge in [0.15, 0.2) is 23.5 Å². The van der Waals surface area contributed by atoms with E-state index < -0.39 is 6.10 Å². The zero-order valence-corrected chi connectivity index (χ0v) is 8.14. The van der Waals surface area contributed by atoms with Gasteiger partial charge in [-0.1, -0.05) is 0 Å². The van der Waals surface area contributed by atoms with Gasteiger partial charge in [-0.15, -0.1) is 0 Å². The number of aliphatic hydroxyl groups is 1. The molecular formula is C9H10N4O2. The molecule has 2 N–H and O–H groups in total. The number of fused-ring (bicyclic) bond motifs is 1. The van der Waals surface area contributed by atoms with Gasteiger partial charge >= 0.3 is 0 Å². The first-order valence-corrected chi connectivity index (χ1v) is 4.50. The van der Waals surface area contributed by atoms with Crippen LogP contribution in [-0.4, -0.2) is 33.6 Å². The van der Waals surface area contributed by atoms with Crippen LogP contribution in [0.1, 0.15) is 18.9 Å². The minimum absolute atomic E-state index is 0.0853. The van der Waals surface area contributed by atoms with Gasteiger partial charge in [0.1, 0.15) is 0 Å². The fourth-order valence-corrected chi connectivity index (χ4v) is 1.21. The van der Waals surface area contributed by atoms with Crippen LogP contribution in [0.15, 0.2) is 11.2 Å². The van der Waals surface area contributed by atoms with Crippen LogP contribution in [0.5, 0.6) is 0 Å². The van der Waals surface area contributed by atoms with Gasteiger partial charge in [0.05, 0.1) is 18.4 Å². The second-order valence-corrected chi connectivity index (χ2v) is 3.17. The Morgan fingerprint density at radius 3 is 3.20 bits per heavy atom. The normalized spacial score (nSPS) is 15.3. The second-order valence-electron chi connectivity index (χ2n) is 3.17. The molecule has 6 heteroatoms. The van der Waals surface area contributed by atoms with Gasteiger partial charge in [0.2, 0.25) is 0 Å². The summed E-state index contributed by atoms with van der Waals surface area (Å²) in [5.74, 6) is 0.149. The number of ketones is 1. The molecule has 1 atom stereocenters. The van der Waals surface area contributed by atoms with Crippen molar-refractivity contribution in [1.29, 1.82) is 0 Å². The number of carbonyl (C=O) groups excluding carboxylic acids is 1. The van der Waals surface area contributed by atoms with Crippen LogP contribution in [0.2, 0.25) is 0 Å². The van der Waals surface area contributed by atoms with Crippen molar-refractivity contribution < 1.29 is 9.90 Å². The second kappa shape index (κ2) is 3.74. The zero-order chi connectivity index (χ0) is 10.8. The fraction of sp³-hybridized carbons (Fsp3) is 0.333. The monoisotopic (exact) mass is 206 g/mol. The van der Waals surface area contributed by atoms with Crippen molar-refractivity contribution in [3.63, 3.8) is 0 Å². The van der Waals surface area contributed by atoms with Crippen molar-refractivity contribution in [2.45, 2.75) is 13.0 Å². The Morgan fingerprint density at radius 1 is 1.67 bits per heavy atom. The van der Waals surface area contributed by atoms with Crippen LogP contribution in [0.3, 0.4) is 0 Å². The van der Waals surface area contributed by atoms with Crippen LogP contribution in [-0.2, 0) is 4.79 Å². The molecule has 0 aromatic carbocycles. The Kier molecular flexibility index (Phi) is 2.42. The molecule has 6 nitrogen and oxygen atoms in total. The first-order chi connectivity index (χ1) is 7.18. The van der Waals surface area contributed by atoms with Gasteiger partial charge in [-0.3, -0.25) is 4.79 Å². The van der Waals surface area contributed by atoms with E-state index in [0.29, 0.717) is 18.1 Å².